The summed E-state index contributed by atoms with van der Waals surface area (Å²) in [5.74, 6) is 0. The van der Waals surface area contributed by atoms with E-state index in [1.807, 2.05) is 28.1 Å². The Labute approximate surface area is 110 Å². The topological polar surface area (TPSA) is 56.2 Å². The maximum Gasteiger partial charge on any atom is 0.156 e. The van der Waals surface area contributed by atoms with Gasteiger partial charge in [-0.15, -0.1) is 11.3 Å². The number of nitrogens with two attached hydrogens (primary N) is 1. The Balaban J connectivity index is 2.15. The van der Waals surface area contributed by atoms with E-state index in [9.17, 15) is 0 Å². The van der Waals surface area contributed by atoms with Crippen molar-refractivity contribution in [1.82, 2.24) is 14.4 Å². The molecule has 0 spiro atoms. The second-order valence-electron chi connectivity index (χ2n) is 3.59. The lowest BCUT2D eigenvalue weighted by atomic mass is 10.2. The Morgan fingerprint density at radius 2 is 2.35 bits per heavy atom. The molecule has 0 saturated carbocycles. The summed E-state index contributed by atoms with van der Waals surface area (Å²) in [5.41, 5.74) is 7.84. The van der Waals surface area contributed by atoms with Gasteiger partial charge in [-0.3, -0.25) is 9.38 Å². The van der Waals surface area contributed by atoms with E-state index in [1.54, 1.807) is 23.7 Å². The first-order valence-corrected chi connectivity index (χ1v) is 6.71. The fraction of sp³-hybridized carbons (Fsp3) is 0.0909. The van der Waals surface area contributed by atoms with Crippen LogP contribution in [0.25, 0.3) is 5.65 Å². The minimum atomic E-state index is -0.204. The first kappa shape index (κ1) is 10.9. The smallest absolute Gasteiger partial charge is 0.156 e. The summed E-state index contributed by atoms with van der Waals surface area (Å²) in [6.45, 7) is 0. The van der Waals surface area contributed by atoms with E-state index in [-0.39, 0.29) is 6.04 Å². The SMILES string of the molecule is NC(c1cccs1)c1nc2cnccn2c1Br. The van der Waals surface area contributed by atoms with Crippen LogP contribution in [-0.2, 0) is 0 Å². The molecule has 0 bridgehead atoms. The molecule has 0 amide bonds. The number of hydrogen-bond acceptors (Lipinski definition) is 4. The Morgan fingerprint density at radius 1 is 1.47 bits per heavy atom. The van der Waals surface area contributed by atoms with E-state index in [1.165, 1.54) is 0 Å². The van der Waals surface area contributed by atoms with Gasteiger partial charge in [-0.2, -0.15) is 0 Å². The molecular formula is C11H9BrN4S. The minimum absolute atomic E-state index is 0.204. The molecule has 0 aliphatic rings. The molecule has 3 aromatic rings. The maximum absolute atomic E-state index is 6.21. The number of fused-ring (bicyclic) bond motifs is 1. The standard InChI is InChI=1S/C11H9BrN4S/c12-11-10(9(13)7-2-1-5-17-7)15-8-6-14-3-4-16(8)11/h1-6,9H,13H2. The van der Waals surface area contributed by atoms with Gasteiger partial charge in [0.2, 0.25) is 0 Å². The summed E-state index contributed by atoms with van der Waals surface area (Å²) >= 11 is 5.17. The minimum Gasteiger partial charge on any atom is -0.318 e. The van der Waals surface area contributed by atoms with Gasteiger partial charge in [-0.1, -0.05) is 6.07 Å². The normalized spacial score (nSPS) is 13.1. The van der Waals surface area contributed by atoms with Gasteiger partial charge in [0.05, 0.1) is 17.9 Å². The van der Waals surface area contributed by atoms with Crippen molar-refractivity contribution in [2.45, 2.75) is 6.04 Å². The third-order valence-corrected chi connectivity index (χ3v) is 4.28. The number of halogens is 1. The van der Waals surface area contributed by atoms with Crippen molar-refractivity contribution in [1.29, 1.82) is 0 Å². The van der Waals surface area contributed by atoms with Crippen LogP contribution in [-0.4, -0.2) is 14.4 Å². The molecule has 0 aliphatic heterocycles. The fourth-order valence-electron chi connectivity index (χ4n) is 1.70. The zero-order valence-corrected chi connectivity index (χ0v) is 11.1. The Morgan fingerprint density at radius 3 is 3.06 bits per heavy atom. The zero-order valence-electron chi connectivity index (χ0n) is 8.75. The number of nitrogens with zero attached hydrogens (tertiary/aromatic N) is 3. The molecule has 0 fully saturated rings. The lowest BCUT2D eigenvalue weighted by Crippen LogP contribution is -2.11. The summed E-state index contributed by atoms with van der Waals surface area (Å²) in [6.07, 6.45) is 5.30. The van der Waals surface area contributed by atoms with Crippen molar-refractivity contribution >= 4 is 32.9 Å². The third-order valence-electron chi connectivity index (χ3n) is 2.54. The van der Waals surface area contributed by atoms with Crippen molar-refractivity contribution in [3.63, 3.8) is 0 Å². The molecular weight excluding hydrogens is 300 g/mol. The number of imidazole rings is 1. The molecule has 4 nitrogen and oxygen atoms in total. The van der Waals surface area contributed by atoms with Gasteiger partial charge in [0, 0.05) is 17.3 Å². The first-order valence-electron chi connectivity index (χ1n) is 5.04. The van der Waals surface area contributed by atoms with Crippen molar-refractivity contribution in [3.05, 3.63) is 51.3 Å². The second-order valence-corrected chi connectivity index (χ2v) is 5.32. The highest BCUT2D eigenvalue weighted by Gasteiger charge is 2.18. The summed E-state index contributed by atoms with van der Waals surface area (Å²) in [6, 6.07) is 3.80. The van der Waals surface area contributed by atoms with E-state index in [0.717, 1.165) is 20.8 Å². The highest BCUT2D eigenvalue weighted by atomic mass is 79.9. The molecule has 0 radical (unpaired) electrons. The molecule has 1 unspecified atom stereocenters. The van der Waals surface area contributed by atoms with Gasteiger partial charge in [0.1, 0.15) is 4.60 Å². The summed E-state index contributed by atoms with van der Waals surface area (Å²) in [5, 5.41) is 2.01. The van der Waals surface area contributed by atoms with Crippen molar-refractivity contribution in [3.8, 4) is 0 Å². The third kappa shape index (κ3) is 1.78. The van der Waals surface area contributed by atoms with Crippen LogP contribution in [0.2, 0.25) is 0 Å². The molecule has 3 heterocycles. The van der Waals surface area contributed by atoms with Crippen LogP contribution in [0.3, 0.4) is 0 Å². The number of aromatic nitrogens is 3. The largest absolute Gasteiger partial charge is 0.318 e. The second kappa shape index (κ2) is 4.21. The van der Waals surface area contributed by atoms with Crippen LogP contribution < -0.4 is 5.73 Å². The molecule has 0 aliphatic carbocycles. The first-order chi connectivity index (χ1) is 8.27. The van der Waals surface area contributed by atoms with Crippen LogP contribution in [0.4, 0.5) is 0 Å². The van der Waals surface area contributed by atoms with Gasteiger partial charge >= 0.3 is 0 Å². The lowest BCUT2D eigenvalue weighted by Gasteiger charge is -2.06. The monoisotopic (exact) mass is 308 g/mol. The van der Waals surface area contributed by atoms with Crippen LogP contribution >= 0.6 is 27.3 Å². The van der Waals surface area contributed by atoms with E-state index < -0.39 is 0 Å². The van der Waals surface area contributed by atoms with Gasteiger partial charge in [-0.25, -0.2) is 4.98 Å². The Hall–Kier alpha value is -1.24. The molecule has 17 heavy (non-hydrogen) atoms. The lowest BCUT2D eigenvalue weighted by molar-refractivity contribution is 0.851. The predicted molar refractivity (Wildman–Crippen MR) is 71.0 cm³/mol. The van der Waals surface area contributed by atoms with E-state index >= 15 is 0 Å². The Kier molecular flexibility index (Phi) is 2.70. The molecule has 3 aromatic heterocycles. The molecule has 6 heteroatoms. The van der Waals surface area contributed by atoms with Crippen LogP contribution in [0, 0.1) is 0 Å². The number of thiophene rings is 1. The Bertz CT molecular complexity index is 647. The average molecular weight is 309 g/mol. The quantitative estimate of drug-likeness (QED) is 0.791. The van der Waals surface area contributed by atoms with Gasteiger partial charge < -0.3 is 5.73 Å². The predicted octanol–water partition coefficient (Wildman–Crippen LogP) is 2.60. The zero-order chi connectivity index (χ0) is 11.8. The molecule has 1 atom stereocenters. The highest BCUT2D eigenvalue weighted by Crippen LogP contribution is 2.29. The van der Waals surface area contributed by atoms with Crippen LogP contribution in [0.15, 0.2) is 40.7 Å². The number of hydrogen-bond donors (Lipinski definition) is 1. The summed E-state index contributed by atoms with van der Waals surface area (Å²) in [7, 11) is 0. The molecule has 86 valence electrons. The van der Waals surface area contributed by atoms with Crippen molar-refractivity contribution < 1.29 is 0 Å². The maximum atomic E-state index is 6.21. The molecule has 0 saturated heterocycles. The van der Waals surface area contributed by atoms with Gasteiger partial charge in [-0.05, 0) is 27.4 Å². The molecule has 3 rings (SSSR count). The highest BCUT2D eigenvalue weighted by molar-refractivity contribution is 9.10. The van der Waals surface area contributed by atoms with Crippen LogP contribution in [0.5, 0.6) is 0 Å². The van der Waals surface area contributed by atoms with E-state index in [0.29, 0.717) is 0 Å². The summed E-state index contributed by atoms with van der Waals surface area (Å²) < 4.78 is 2.81. The summed E-state index contributed by atoms with van der Waals surface area (Å²) in [4.78, 5) is 9.65. The van der Waals surface area contributed by atoms with E-state index in [4.69, 9.17) is 5.73 Å². The van der Waals surface area contributed by atoms with Crippen molar-refractivity contribution in [2.24, 2.45) is 5.73 Å². The van der Waals surface area contributed by atoms with Crippen molar-refractivity contribution in [2.75, 3.05) is 0 Å². The fourth-order valence-corrected chi connectivity index (χ4v) is 3.06. The average Bonchev–Trinajstić information content (AvgIpc) is 2.97. The van der Waals surface area contributed by atoms with Gasteiger partial charge in [0.15, 0.2) is 5.65 Å². The molecule has 2 N–H and O–H groups in total. The van der Waals surface area contributed by atoms with E-state index in [2.05, 4.69) is 25.9 Å². The van der Waals surface area contributed by atoms with Gasteiger partial charge in [0.25, 0.3) is 0 Å². The van der Waals surface area contributed by atoms with Crippen LogP contribution in [0.1, 0.15) is 16.6 Å². The molecule has 0 aromatic carbocycles. The number of rotatable bonds is 2.